The maximum absolute atomic E-state index is 13.4. The number of hydrogen-bond acceptors (Lipinski definition) is 4. The Hall–Kier alpha value is -3.68. The molecule has 0 saturated carbocycles. The van der Waals surface area contributed by atoms with Crippen LogP contribution in [-0.4, -0.2) is 62.7 Å². The first-order valence-electron chi connectivity index (χ1n) is 10.5. The van der Waals surface area contributed by atoms with Gasteiger partial charge in [-0.1, -0.05) is 36.4 Å². The summed E-state index contributed by atoms with van der Waals surface area (Å²) in [4.78, 5) is 35.3. The lowest BCUT2D eigenvalue weighted by atomic mass is 10.2. The quantitative estimate of drug-likeness (QED) is 0.616. The first-order chi connectivity index (χ1) is 15.2. The Balaban J connectivity index is 1.35. The molecular formula is C23H26N6O2. The fourth-order valence-electron chi connectivity index (χ4n) is 3.71. The molecule has 2 aromatic carbocycles. The van der Waals surface area contributed by atoms with E-state index in [1.807, 2.05) is 70.5 Å². The summed E-state index contributed by atoms with van der Waals surface area (Å²) in [6.45, 7) is 2.80. The van der Waals surface area contributed by atoms with Crippen molar-refractivity contribution in [2.75, 3.05) is 31.1 Å². The molecule has 0 bridgehead atoms. The highest BCUT2D eigenvalue weighted by atomic mass is 16.2. The normalized spacial score (nSPS) is 13.8. The van der Waals surface area contributed by atoms with E-state index in [0.29, 0.717) is 39.1 Å². The summed E-state index contributed by atoms with van der Waals surface area (Å²) in [6.07, 6.45) is 4.33. The number of rotatable bonds is 6. The molecule has 1 saturated heterocycles. The number of carbonyl (C=O) groups excluding carboxylic acids is 2. The first kappa shape index (κ1) is 20.6. The van der Waals surface area contributed by atoms with Gasteiger partial charge in [-0.05, 0) is 30.7 Å². The van der Waals surface area contributed by atoms with Gasteiger partial charge in [0.15, 0.2) is 0 Å². The van der Waals surface area contributed by atoms with Gasteiger partial charge in [0.25, 0.3) is 0 Å². The molecule has 3 aromatic rings. The number of piperazine rings is 1. The smallest absolute Gasteiger partial charge is 0.329 e. The zero-order chi connectivity index (χ0) is 21.5. The summed E-state index contributed by atoms with van der Waals surface area (Å²) in [7, 11) is 0. The lowest BCUT2D eigenvalue weighted by Gasteiger charge is -2.37. The lowest BCUT2D eigenvalue weighted by molar-refractivity contribution is -0.132. The summed E-state index contributed by atoms with van der Waals surface area (Å²) < 4.78 is 1.73. The van der Waals surface area contributed by atoms with Crippen molar-refractivity contribution in [2.24, 2.45) is 0 Å². The van der Waals surface area contributed by atoms with Gasteiger partial charge in [0.1, 0.15) is 12.7 Å². The van der Waals surface area contributed by atoms with Crippen LogP contribution in [-0.2, 0) is 11.3 Å². The van der Waals surface area contributed by atoms with Gasteiger partial charge in [-0.25, -0.2) is 9.78 Å². The third-order valence-corrected chi connectivity index (χ3v) is 5.37. The van der Waals surface area contributed by atoms with Crippen LogP contribution in [0.4, 0.5) is 16.2 Å². The number of amides is 3. The Labute approximate surface area is 181 Å². The number of hydrogen-bond donors (Lipinski definition) is 0. The van der Waals surface area contributed by atoms with Gasteiger partial charge < -0.3 is 9.80 Å². The summed E-state index contributed by atoms with van der Waals surface area (Å²) >= 11 is 0. The maximum Gasteiger partial charge on any atom is 0.329 e. The van der Waals surface area contributed by atoms with Crippen molar-refractivity contribution in [1.29, 1.82) is 0 Å². The zero-order valence-corrected chi connectivity index (χ0v) is 17.4. The number of urea groups is 1. The van der Waals surface area contributed by atoms with E-state index in [9.17, 15) is 9.59 Å². The minimum absolute atomic E-state index is 0.0734. The van der Waals surface area contributed by atoms with Crippen LogP contribution in [0.25, 0.3) is 0 Å². The van der Waals surface area contributed by atoms with Crippen molar-refractivity contribution >= 4 is 23.3 Å². The third kappa shape index (κ3) is 5.09. The summed E-state index contributed by atoms with van der Waals surface area (Å²) in [6, 6.07) is 19.2. The van der Waals surface area contributed by atoms with Crippen molar-refractivity contribution in [3.05, 3.63) is 73.3 Å². The molecule has 2 heterocycles. The number of benzene rings is 2. The number of carbonyl (C=O) groups is 2. The van der Waals surface area contributed by atoms with Crippen molar-refractivity contribution in [3.63, 3.8) is 0 Å². The Morgan fingerprint density at radius 1 is 0.839 bits per heavy atom. The van der Waals surface area contributed by atoms with Crippen molar-refractivity contribution in [2.45, 2.75) is 19.4 Å². The van der Waals surface area contributed by atoms with Gasteiger partial charge in [0.2, 0.25) is 5.91 Å². The van der Waals surface area contributed by atoms with E-state index >= 15 is 0 Å². The zero-order valence-electron chi connectivity index (χ0n) is 17.4. The molecule has 1 aliphatic heterocycles. The second-order valence-electron chi connectivity index (χ2n) is 7.42. The van der Waals surface area contributed by atoms with E-state index in [4.69, 9.17) is 0 Å². The number of nitrogens with zero attached hydrogens (tertiary/aromatic N) is 6. The lowest BCUT2D eigenvalue weighted by Crippen LogP contribution is -2.53. The van der Waals surface area contributed by atoms with Crippen molar-refractivity contribution in [1.82, 2.24) is 24.6 Å². The summed E-state index contributed by atoms with van der Waals surface area (Å²) in [5.41, 5.74) is 1.65. The maximum atomic E-state index is 13.4. The molecule has 1 fully saturated rings. The van der Waals surface area contributed by atoms with Crippen molar-refractivity contribution < 1.29 is 9.59 Å². The molecule has 0 atom stereocenters. The van der Waals surface area contributed by atoms with E-state index in [-0.39, 0.29) is 11.9 Å². The monoisotopic (exact) mass is 418 g/mol. The van der Waals surface area contributed by atoms with Crippen LogP contribution in [0.5, 0.6) is 0 Å². The molecule has 3 amide bonds. The number of para-hydroxylation sites is 2. The Bertz CT molecular complexity index is 930. The SMILES string of the molecule is O=C(CCCn1cncn1)N1CCN(C(=O)N(c2ccccc2)c2ccccc2)CC1. The molecule has 31 heavy (non-hydrogen) atoms. The second-order valence-corrected chi connectivity index (χ2v) is 7.42. The van der Waals surface area contributed by atoms with Crippen LogP contribution in [0, 0.1) is 0 Å². The molecule has 4 rings (SSSR count). The van der Waals surface area contributed by atoms with Gasteiger partial charge >= 0.3 is 6.03 Å². The molecule has 0 radical (unpaired) electrons. The van der Waals surface area contributed by atoms with E-state index in [2.05, 4.69) is 10.1 Å². The average Bonchev–Trinajstić information content (AvgIpc) is 3.34. The van der Waals surface area contributed by atoms with E-state index in [1.165, 1.54) is 6.33 Å². The highest BCUT2D eigenvalue weighted by Gasteiger charge is 2.28. The molecule has 8 heteroatoms. The predicted octanol–water partition coefficient (Wildman–Crippen LogP) is 3.16. The largest absolute Gasteiger partial charge is 0.339 e. The number of aromatic nitrogens is 3. The van der Waals surface area contributed by atoms with Gasteiger partial charge in [-0.2, -0.15) is 5.10 Å². The molecule has 0 spiro atoms. The van der Waals surface area contributed by atoms with Crippen LogP contribution < -0.4 is 4.90 Å². The molecule has 160 valence electrons. The van der Waals surface area contributed by atoms with Crippen molar-refractivity contribution in [3.8, 4) is 0 Å². The fourth-order valence-corrected chi connectivity index (χ4v) is 3.71. The van der Waals surface area contributed by atoms with Crippen LogP contribution in [0.1, 0.15) is 12.8 Å². The molecule has 0 N–H and O–H groups in total. The summed E-state index contributed by atoms with van der Waals surface area (Å²) in [5.74, 6) is 0.121. The molecule has 0 unspecified atom stereocenters. The van der Waals surface area contributed by atoms with Crippen LogP contribution in [0.15, 0.2) is 73.3 Å². The van der Waals surface area contributed by atoms with Crippen LogP contribution in [0.3, 0.4) is 0 Å². The third-order valence-electron chi connectivity index (χ3n) is 5.37. The molecule has 1 aliphatic rings. The van der Waals surface area contributed by atoms with Crippen LogP contribution in [0.2, 0.25) is 0 Å². The second kappa shape index (κ2) is 9.88. The number of anilines is 2. The van der Waals surface area contributed by atoms with E-state index in [0.717, 1.165) is 17.8 Å². The fraction of sp³-hybridized carbons (Fsp3) is 0.304. The van der Waals surface area contributed by atoms with Gasteiger partial charge in [0.05, 0.1) is 11.4 Å². The minimum atomic E-state index is -0.0734. The summed E-state index contributed by atoms with van der Waals surface area (Å²) in [5, 5.41) is 4.05. The highest BCUT2D eigenvalue weighted by molar-refractivity contribution is 5.99. The average molecular weight is 419 g/mol. The van der Waals surface area contributed by atoms with Crippen LogP contribution >= 0.6 is 0 Å². The minimum Gasteiger partial charge on any atom is -0.339 e. The topological polar surface area (TPSA) is 74.6 Å². The number of aryl methyl sites for hydroxylation is 1. The van der Waals surface area contributed by atoms with Gasteiger partial charge in [-0.3, -0.25) is 14.4 Å². The standard InChI is InChI=1S/C23H26N6O2/c30-22(12-7-13-28-19-24-18-25-28)26-14-16-27(17-15-26)23(31)29(20-8-3-1-4-9-20)21-10-5-2-6-11-21/h1-6,8-11,18-19H,7,12-17H2. The Morgan fingerprint density at radius 2 is 1.42 bits per heavy atom. The van der Waals surface area contributed by atoms with Gasteiger partial charge in [0, 0.05) is 39.1 Å². The molecule has 8 nitrogen and oxygen atoms in total. The predicted molar refractivity (Wildman–Crippen MR) is 118 cm³/mol. The Kier molecular flexibility index (Phi) is 6.56. The van der Waals surface area contributed by atoms with E-state index in [1.54, 1.807) is 15.9 Å². The molecule has 0 aliphatic carbocycles. The van der Waals surface area contributed by atoms with Gasteiger partial charge in [-0.15, -0.1) is 0 Å². The molecular weight excluding hydrogens is 392 g/mol. The Morgan fingerprint density at radius 3 is 1.97 bits per heavy atom. The first-order valence-corrected chi connectivity index (χ1v) is 10.5. The highest BCUT2D eigenvalue weighted by Crippen LogP contribution is 2.27. The van der Waals surface area contributed by atoms with E-state index < -0.39 is 0 Å². The molecule has 1 aromatic heterocycles.